The second-order valence-corrected chi connectivity index (χ2v) is 6.85. The molecule has 2 amide bonds. The molecule has 2 aromatic carbocycles. The quantitative estimate of drug-likeness (QED) is 0.801. The number of hydrogen-bond donors (Lipinski definition) is 0. The van der Waals surface area contributed by atoms with Crippen molar-refractivity contribution in [2.24, 2.45) is 0 Å². The lowest BCUT2D eigenvalue weighted by Gasteiger charge is -2.22. The van der Waals surface area contributed by atoms with Crippen LogP contribution in [-0.2, 0) is 4.79 Å². The highest BCUT2D eigenvalue weighted by molar-refractivity contribution is 8.00. The molecule has 0 aliphatic carbocycles. The van der Waals surface area contributed by atoms with Crippen LogP contribution in [-0.4, -0.2) is 28.5 Å². The maximum absolute atomic E-state index is 12.8. The van der Waals surface area contributed by atoms with Crippen LogP contribution in [0.1, 0.15) is 29.6 Å². The van der Waals surface area contributed by atoms with Gasteiger partial charge in [0.05, 0.1) is 5.25 Å². The molecule has 1 fully saturated rings. The zero-order chi connectivity index (χ0) is 16.1. The van der Waals surface area contributed by atoms with Crippen LogP contribution < -0.4 is 0 Å². The molecule has 3 nitrogen and oxygen atoms in total. The predicted molar refractivity (Wildman–Crippen MR) is 92.4 cm³/mol. The van der Waals surface area contributed by atoms with Crippen molar-refractivity contribution >= 4 is 23.6 Å². The summed E-state index contributed by atoms with van der Waals surface area (Å²) in [6.07, 6.45) is 2.65. The van der Waals surface area contributed by atoms with Crippen LogP contribution >= 0.6 is 11.8 Å². The molecule has 0 unspecified atom stereocenters. The van der Waals surface area contributed by atoms with Crippen LogP contribution in [0.2, 0.25) is 0 Å². The molecule has 0 radical (unpaired) electrons. The van der Waals surface area contributed by atoms with Crippen LogP contribution in [0.15, 0.2) is 65.6 Å². The van der Waals surface area contributed by atoms with Crippen LogP contribution in [0.4, 0.5) is 0 Å². The number of thioether (sulfide) groups is 1. The Labute approximate surface area is 140 Å². The van der Waals surface area contributed by atoms with Gasteiger partial charge in [0, 0.05) is 17.0 Å². The highest BCUT2D eigenvalue weighted by Gasteiger charge is 2.32. The number of carbonyl (C=O) groups excluding carboxylic acids is 2. The van der Waals surface area contributed by atoms with Crippen LogP contribution in [0.5, 0.6) is 0 Å². The summed E-state index contributed by atoms with van der Waals surface area (Å²) in [5, 5.41) is -0.187. The van der Waals surface area contributed by atoms with E-state index in [4.69, 9.17) is 0 Å². The first-order valence-corrected chi connectivity index (χ1v) is 8.76. The van der Waals surface area contributed by atoms with E-state index in [1.165, 1.54) is 4.90 Å². The van der Waals surface area contributed by atoms with Gasteiger partial charge >= 0.3 is 0 Å². The number of benzene rings is 2. The molecule has 0 spiro atoms. The van der Waals surface area contributed by atoms with E-state index in [0.717, 1.165) is 24.2 Å². The summed E-state index contributed by atoms with van der Waals surface area (Å²) in [6.45, 7) is 0.512. The minimum atomic E-state index is -0.187. The Morgan fingerprint density at radius 1 is 0.957 bits per heavy atom. The zero-order valence-electron chi connectivity index (χ0n) is 12.9. The minimum Gasteiger partial charge on any atom is -0.278 e. The van der Waals surface area contributed by atoms with Gasteiger partial charge in [0.2, 0.25) is 5.91 Å². The van der Waals surface area contributed by atoms with Gasteiger partial charge in [-0.15, -0.1) is 11.8 Å². The van der Waals surface area contributed by atoms with Crippen molar-refractivity contribution in [3.8, 4) is 0 Å². The summed E-state index contributed by atoms with van der Waals surface area (Å²) in [7, 11) is 0. The first kappa shape index (κ1) is 15.8. The molecule has 1 saturated heterocycles. The number of amides is 2. The van der Waals surface area contributed by atoms with Crippen LogP contribution in [0.25, 0.3) is 0 Å². The van der Waals surface area contributed by atoms with E-state index in [0.29, 0.717) is 12.1 Å². The zero-order valence-corrected chi connectivity index (χ0v) is 13.7. The highest BCUT2D eigenvalue weighted by atomic mass is 32.2. The second kappa shape index (κ2) is 7.47. The molecule has 0 aromatic heterocycles. The average Bonchev–Trinajstić information content (AvgIpc) is 2.78. The van der Waals surface area contributed by atoms with Gasteiger partial charge in [-0.1, -0.05) is 42.8 Å². The molecule has 118 valence electrons. The Morgan fingerprint density at radius 3 is 2.30 bits per heavy atom. The molecule has 23 heavy (non-hydrogen) atoms. The van der Waals surface area contributed by atoms with E-state index in [2.05, 4.69) is 0 Å². The fraction of sp³-hybridized carbons (Fsp3) is 0.263. The Bertz CT molecular complexity index is 672. The van der Waals surface area contributed by atoms with Gasteiger partial charge in [0.1, 0.15) is 0 Å². The number of rotatable bonds is 3. The van der Waals surface area contributed by atoms with Crippen molar-refractivity contribution in [2.45, 2.75) is 29.4 Å². The van der Waals surface area contributed by atoms with Crippen molar-refractivity contribution < 1.29 is 9.59 Å². The van der Waals surface area contributed by atoms with Gasteiger partial charge in [-0.05, 0) is 37.1 Å². The number of hydrogen-bond acceptors (Lipinski definition) is 3. The second-order valence-electron chi connectivity index (χ2n) is 5.58. The molecular weight excluding hydrogens is 306 g/mol. The maximum Gasteiger partial charge on any atom is 0.260 e. The standard InChI is InChI=1S/C19H19NO2S/c21-18(15-9-3-1-4-10-15)20-14-8-7-13-17(19(20)22)23-16-11-5-2-6-12-16/h1-6,9-12,17H,7-8,13-14H2/t17-/m0/s1. The lowest BCUT2D eigenvalue weighted by molar-refractivity contribution is -0.127. The molecular formula is C19H19NO2S. The molecule has 0 saturated carbocycles. The number of likely N-dealkylation sites (tertiary alicyclic amines) is 1. The first-order chi connectivity index (χ1) is 11.3. The Kier molecular flexibility index (Phi) is 5.13. The van der Waals surface area contributed by atoms with Gasteiger partial charge in [-0.25, -0.2) is 0 Å². The average molecular weight is 325 g/mol. The maximum atomic E-state index is 12.8. The highest BCUT2D eigenvalue weighted by Crippen LogP contribution is 2.30. The van der Waals surface area contributed by atoms with Crippen molar-refractivity contribution in [3.63, 3.8) is 0 Å². The van der Waals surface area contributed by atoms with Crippen molar-refractivity contribution in [3.05, 3.63) is 66.2 Å². The van der Waals surface area contributed by atoms with Gasteiger partial charge in [0.25, 0.3) is 5.91 Å². The summed E-state index contributed by atoms with van der Waals surface area (Å²) in [5.41, 5.74) is 0.575. The normalized spacial score (nSPS) is 18.5. The summed E-state index contributed by atoms with van der Waals surface area (Å²) < 4.78 is 0. The fourth-order valence-electron chi connectivity index (χ4n) is 2.72. The third-order valence-electron chi connectivity index (χ3n) is 3.93. The van der Waals surface area contributed by atoms with Crippen LogP contribution in [0, 0.1) is 0 Å². The number of carbonyl (C=O) groups is 2. The van der Waals surface area contributed by atoms with E-state index >= 15 is 0 Å². The van der Waals surface area contributed by atoms with Gasteiger partial charge in [-0.3, -0.25) is 14.5 Å². The predicted octanol–water partition coefficient (Wildman–Crippen LogP) is 4.00. The van der Waals surface area contributed by atoms with E-state index in [9.17, 15) is 9.59 Å². The van der Waals surface area contributed by atoms with Crippen molar-refractivity contribution in [1.82, 2.24) is 4.90 Å². The molecule has 4 heteroatoms. The third-order valence-corrected chi connectivity index (χ3v) is 5.19. The number of nitrogens with zero attached hydrogens (tertiary/aromatic N) is 1. The topological polar surface area (TPSA) is 37.4 Å². The minimum absolute atomic E-state index is 0.0646. The lowest BCUT2D eigenvalue weighted by Crippen LogP contribution is -2.41. The molecule has 0 bridgehead atoms. The molecule has 2 aromatic rings. The van der Waals surface area contributed by atoms with E-state index in [1.54, 1.807) is 23.9 Å². The van der Waals surface area contributed by atoms with Gasteiger partial charge in [0.15, 0.2) is 0 Å². The molecule has 3 rings (SSSR count). The monoisotopic (exact) mass is 325 g/mol. The largest absolute Gasteiger partial charge is 0.278 e. The summed E-state index contributed by atoms with van der Waals surface area (Å²) in [6, 6.07) is 19.0. The smallest absolute Gasteiger partial charge is 0.260 e. The Balaban J connectivity index is 1.78. The van der Waals surface area contributed by atoms with Crippen molar-refractivity contribution in [1.29, 1.82) is 0 Å². The Hall–Kier alpha value is -2.07. The van der Waals surface area contributed by atoms with Crippen LogP contribution in [0.3, 0.4) is 0 Å². The SMILES string of the molecule is O=C(c1ccccc1)N1CCCC[C@H](Sc2ccccc2)C1=O. The van der Waals surface area contributed by atoms with E-state index in [-0.39, 0.29) is 17.1 Å². The van der Waals surface area contributed by atoms with Crippen molar-refractivity contribution in [2.75, 3.05) is 6.54 Å². The van der Waals surface area contributed by atoms with E-state index in [1.807, 2.05) is 48.5 Å². The molecule has 1 heterocycles. The molecule has 0 N–H and O–H groups in total. The summed E-state index contributed by atoms with van der Waals surface area (Å²) in [5.74, 6) is -0.249. The molecule has 1 aliphatic rings. The summed E-state index contributed by atoms with van der Waals surface area (Å²) in [4.78, 5) is 28.0. The van der Waals surface area contributed by atoms with Gasteiger partial charge < -0.3 is 0 Å². The first-order valence-electron chi connectivity index (χ1n) is 7.88. The van der Waals surface area contributed by atoms with Gasteiger partial charge in [-0.2, -0.15) is 0 Å². The fourth-order valence-corrected chi connectivity index (χ4v) is 3.87. The number of imide groups is 1. The third kappa shape index (κ3) is 3.82. The lowest BCUT2D eigenvalue weighted by atomic mass is 10.2. The molecule has 1 atom stereocenters. The van der Waals surface area contributed by atoms with E-state index < -0.39 is 0 Å². The molecule has 1 aliphatic heterocycles. The Morgan fingerprint density at radius 2 is 1.61 bits per heavy atom. The summed E-state index contributed by atoms with van der Waals surface area (Å²) >= 11 is 1.56.